The summed E-state index contributed by atoms with van der Waals surface area (Å²) in [4.78, 5) is 24.9. The molecule has 120 valence electrons. The van der Waals surface area contributed by atoms with E-state index in [1.165, 1.54) is 0 Å². The van der Waals surface area contributed by atoms with Crippen LogP contribution in [-0.4, -0.2) is 40.4 Å². The topological polar surface area (TPSA) is 99.4 Å². The van der Waals surface area contributed by atoms with Crippen molar-refractivity contribution in [2.45, 2.75) is 13.5 Å². The quantitative estimate of drug-likeness (QED) is 0.806. The Kier molecular flexibility index (Phi) is 4.13. The number of benzene rings is 1. The largest absolute Gasteiger partial charge is 0.448 e. The second kappa shape index (κ2) is 6.39. The predicted molar refractivity (Wildman–Crippen MR) is 84.2 cm³/mol. The van der Waals surface area contributed by atoms with E-state index in [2.05, 4.69) is 20.8 Å². The van der Waals surface area contributed by atoms with E-state index in [9.17, 15) is 9.59 Å². The van der Waals surface area contributed by atoms with Crippen LogP contribution in [0.5, 0.6) is 0 Å². The molecule has 0 saturated carbocycles. The van der Waals surface area contributed by atoms with Gasteiger partial charge in [-0.1, -0.05) is 12.1 Å². The fourth-order valence-corrected chi connectivity index (χ4v) is 2.24. The van der Waals surface area contributed by atoms with Crippen LogP contribution in [0.15, 0.2) is 30.3 Å². The van der Waals surface area contributed by atoms with Crippen LogP contribution in [0, 0.1) is 6.92 Å². The number of nitrogens with zero attached hydrogens (tertiary/aromatic N) is 2. The van der Waals surface area contributed by atoms with E-state index in [-0.39, 0.29) is 12.1 Å². The van der Waals surface area contributed by atoms with Crippen LogP contribution in [0.25, 0.3) is 0 Å². The molecule has 0 unspecified atom stereocenters. The molecule has 8 heteroatoms. The number of anilines is 2. The first-order valence-corrected chi connectivity index (χ1v) is 7.21. The van der Waals surface area contributed by atoms with Gasteiger partial charge in [0.25, 0.3) is 0 Å². The Hall–Kier alpha value is -3.03. The maximum Gasteiger partial charge on any atom is 0.410 e. The number of aromatic nitrogens is 2. The summed E-state index contributed by atoms with van der Waals surface area (Å²) in [6, 6.07) is 8.66. The summed E-state index contributed by atoms with van der Waals surface area (Å²) >= 11 is 0. The zero-order chi connectivity index (χ0) is 16.2. The number of amides is 3. The number of cyclic esters (lactones) is 1. The maximum absolute atomic E-state index is 11.9. The molecule has 1 aromatic carbocycles. The summed E-state index contributed by atoms with van der Waals surface area (Å²) < 4.78 is 4.89. The molecule has 2 aromatic rings. The highest BCUT2D eigenvalue weighted by molar-refractivity contribution is 5.99. The van der Waals surface area contributed by atoms with Crippen molar-refractivity contribution in [2.24, 2.45) is 0 Å². The molecule has 8 nitrogen and oxygen atoms in total. The van der Waals surface area contributed by atoms with Gasteiger partial charge in [-0.25, -0.2) is 9.59 Å². The molecular weight excluding hydrogens is 298 g/mol. The third-order valence-corrected chi connectivity index (χ3v) is 3.38. The lowest BCUT2D eigenvalue weighted by atomic mass is 10.2. The van der Waals surface area contributed by atoms with Gasteiger partial charge < -0.3 is 15.0 Å². The Labute approximate surface area is 132 Å². The Balaban J connectivity index is 1.54. The van der Waals surface area contributed by atoms with Gasteiger partial charge in [-0.2, -0.15) is 5.10 Å². The summed E-state index contributed by atoms with van der Waals surface area (Å²) in [5, 5.41) is 12.0. The van der Waals surface area contributed by atoms with Crippen molar-refractivity contribution in [3.63, 3.8) is 0 Å². The lowest BCUT2D eigenvalue weighted by Crippen LogP contribution is -2.23. The minimum atomic E-state index is -0.368. The molecule has 3 N–H and O–H groups in total. The SMILES string of the molecule is Cc1cc(NC(=O)Nc2ccc(CN3CCOC3=O)cc2)n[nH]1. The van der Waals surface area contributed by atoms with E-state index < -0.39 is 0 Å². The van der Waals surface area contributed by atoms with Gasteiger partial charge >= 0.3 is 12.1 Å². The molecule has 2 heterocycles. The molecule has 1 aliphatic rings. The Morgan fingerprint density at radius 2 is 2.13 bits per heavy atom. The average Bonchev–Trinajstić information content (AvgIpc) is 3.10. The zero-order valence-electron chi connectivity index (χ0n) is 12.6. The summed E-state index contributed by atoms with van der Waals surface area (Å²) in [7, 11) is 0. The van der Waals surface area contributed by atoms with Crippen LogP contribution in [-0.2, 0) is 11.3 Å². The smallest absolute Gasteiger partial charge is 0.410 e. The first-order valence-electron chi connectivity index (χ1n) is 7.21. The van der Waals surface area contributed by atoms with Crippen molar-refractivity contribution in [3.8, 4) is 0 Å². The number of carbonyl (C=O) groups excluding carboxylic acids is 2. The highest BCUT2D eigenvalue weighted by Gasteiger charge is 2.21. The highest BCUT2D eigenvalue weighted by atomic mass is 16.6. The van der Waals surface area contributed by atoms with Crippen molar-refractivity contribution < 1.29 is 14.3 Å². The molecule has 1 saturated heterocycles. The fourth-order valence-electron chi connectivity index (χ4n) is 2.24. The lowest BCUT2D eigenvalue weighted by molar-refractivity contribution is 0.157. The van der Waals surface area contributed by atoms with Gasteiger partial charge in [0.2, 0.25) is 0 Å². The molecular formula is C15H17N5O3. The van der Waals surface area contributed by atoms with Crippen LogP contribution >= 0.6 is 0 Å². The number of hydrogen-bond acceptors (Lipinski definition) is 4. The normalized spacial score (nSPS) is 13.8. The molecule has 1 aliphatic heterocycles. The molecule has 1 fully saturated rings. The van der Waals surface area contributed by atoms with Crippen LogP contribution < -0.4 is 10.6 Å². The number of aromatic amines is 1. The number of nitrogens with one attached hydrogen (secondary N) is 3. The van der Waals surface area contributed by atoms with Crippen molar-refractivity contribution in [2.75, 3.05) is 23.8 Å². The van der Waals surface area contributed by atoms with Crippen LogP contribution in [0.3, 0.4) is 0 Å². The first kappa shape index (κ1) is 14.9. The number of carbonyl (C=O) groups is 2. The molecule has 0 spiro atoms. The fraction of sp³-hybridized carbons (Fsp3) is 0.267. The molecule has 0 bridgehead atoms. The van der Waals surface area contributed by atoms with Gasteiger partial charge in [-0.3, -0.25) is 10.4 Å². The maximum atomic E-state index is 11.9. The van der Waals surface area contributed by atoms with Gasteiger partial charge in [0, 0.05) is 24.0 Å². The Morgan fingerprint density at radius 1 is 1.35 bits per heavy atom. The number of H-pyrrole nitrogens is 1. The molecule has 0 aliphatic carbocycles. The second-order valence-electron chi connectivity index (χ2n) is 5.25. The summed E-state index contributed by atoms with van der Waals surface area (Å²) in [5.74, 6) is 0.462. The monoisotopic (exact) mass is 315 g/mol. The highest BCUT2D eigenvalue weighted by Crippen LogP contribution is 2.14. The van der Waals surface area contributed by atoms with Gasteiger partial charge in [-0.15, -0.1) is 0 Å². The van der Waals surface area contributed by atoms with Crippen molar-refractivity contribution in [1.29, 1.82) is 0 Å². The number of rotatable bonds is 4. The van der Waals surface area contributed by atoms with E-state index in [0.29, 0.717) is 31.2 Å². The van der Waals surface area contributed by atoms with Crippen molar-refractivity contribution in [3.05, 3.63) is 41.6 Å². The summed E-state index contributed by atoms with van der Waals surface area (Å²) in [5.41, 5.74) is 2.49. The lowest BCUT2D eigenvalue weighted by Gasteiger charge is -2.13. The third-order valence-electron chi connectivity index (χ3n) is 3.38. The van der Waals surface area contributed by atoms with Gasteiger partial charge in [-0.05, 0) is 24.6 Å². The number of aryl methyl sites for hydroxylation is 1. The molecule has 3 rings (SSSR count). The van der Waals surface area contributed by atoms with E-state index in [1.807, 2.05) is 19.1 Å². The van der Waals surface area contributed by atoms with E-state index in [4.69, 9.17) is 4.74 Å². The average molecular weight is 315 g/mol. The van der Waals surface area contributed by atoms with Crippen LogP contribution in [0.4, 0.5) is 21.1 Å². The van der Waals surface area contributed by atoms with Crippen LogP contribution in [0.1, 0.15) is 11.3 Å². The minimum absolute atomic E-state index is 0.291. The zero-order valence-corrected chi connectivity index (χ0v) is 12.6. The van der Waals surface area contributed by atoms with E-state index in [1.54, 1.807) is 23.1 Å². The first-order chi connectivity index (χ1) is 11.1. The van der Waals surface area contributed by atoms with Gasteiger partial charge in [0.15, 0.2) is 5.82 Å². The number of hydrogen-bond donors (Lipinski definition) is 3. The van der Waals surface area contributed by atoms with Crippen molar-refractivity contribution in [1.82, 2.24) is 15.1 Å². The Bertz CT molecular complexity index is 710. The molecule has 1 aromatic heterocycles. The summed E-state index contributed by atoms with van der Waals surface area (Å²) in [6.07, 6.45) is -0.291. The number of urea groups is 1. The van der Waals surface area contributed by atoms with E-state index in [0.717, 1.165) is 11.3 Å². The van der Waals surface area contributed by atoms with Gasteiger partial charge in [0.1, 0.15) is 6.61 Å². The molecule has 3 amide bonds. The Morgan fingerprint density at radius 3 is 2.74 bits per heavy atom. The molecule has 23 heavy (non-hydrogen) atoms. The summed E-state index contributed by atoms with van der Waals surface area (Å²) in [6.45, 7) is 3.39. The van der Waals surface area contributed by atoms with E-state index >= 15 is 0 Å². The van der Waals surface area contributed by atoms with Gasteiger partial charge in [0.05, 0.1) is 6.54 Å². The predicted octanol–water partition coefficient (Wildman–Crippen LogP) is 2.31. The minimum Gasteiger partial charge on any atom is -0.448 e. The van der Waals surface area contributed by atoms with Crippen molar-refractivity contribution >= 4 is 23.6 Å². The van der Waals surface area contributed by atoms with Crippen LogP contribution in [0.2, 0.25) is 0 Å². The second-order valence-corrected chi connectivity index (χ2v) is 5.25. The number of ether oxygens (including phenoxy) is 1. The molecule has 0 radical (unpaired) electrons. The standard InChI is InChI=1S/C15H17N5O3/c1-10-8-13(19-18-10)17-14(21)16-12-4-2-11(3-5-12)9-20-6-7-23-15(20)22/h2-5,8H,6-7,9H2,1H3,(H3,16,17,18,19,21). The third kappa shape index (κ3) is 3.79. The molecule has 0 atom stereocenters.